The molecule has 308 valence electrons. The number of carbonyl (C=O) groups is 1. The van der Waals surface area contributed by atoms with Gasteiger partial charge in [0.05, 0.1) is 5.92 Å². The number of nitrogens with zero attached hydrogens (tertiary/aromatic N) is 3. The zero-order valence-electron chi connectivity index (χ0n) is 32.4. The highest BCUT2D eigenvalue weighted by Gasteiger charge is 2.34. The van der Waals surface area contributed by atoms with Crippen molar-refractivity contribution in [2.45, 2.75) is 82.8 Å². The van der Waals surface area contributed by atoms with Crippen LogP contribution in [0, 0.1) is 23.0 Å². The van der Waals surface area contributed by atoms with Gasteiger partial charge in [0.1, 0.15) is 59.5 Å². The summed E-state index contributed by atoms with van der Waals surface area (Å²) in [6.45, 7) is 5.58. The zero-order chi connectivity index (χ0) is 39.6. The maximum absolute atomic E-state index is 13.1. The first-order valence-corrected chi connectivity index (χ1v) is 20.3. The standard InChI is InChI=1S/C23H23FN2O3.C23H29FN2O2.CH4/c24-17-3-6-18(7-4-17)29-19-9-12-26(13-10-19)23(27)21-8-2-16-1-5-20(15-22(16)21)28-14-11-25;24-19-4-7-20(8-5-19)28-21-9-12-26(13-10-21)16-18-2-1-17-3-6-22(15-23(17)18)27-14-11-25;/h1,3-7,15,19,21H,2,8-10,12-14H2;3-8,15,18,21H,1-2,9-14,16,25H2;1H4. The molecule has 1 amide bonds. The zero-order valence-corrected chi connectivity index (χ0v) is 32.4. The van der Waals surface area contributed by atoms with E-state index in [-0.39, 0.29) is 49.7 Å². The van der Waals surface area contributed by atoms with Gasteiger partial charge in [-0.1, -0.05) is 19.6 Å². The van der Waals surface area contributed by atoms with Crippen LogP contribution in [0.2, 0.25) is 0 Å². The van der Waals surface area contributed by atoms with Crippen molar-refractivity contribution >= 4 is 5.91 Å². The van der Waals surface area contributed by atoms with Crippen LogP contribution >= 0.6 is 0 Å². The summed E-state index contributed by atoms with van der Waals surface area (Å²) in [5.41, 5.74) is 10.7. The van der Waals surface area contributed by atoms with Gasteiger partial charge in [-0.2, -0.15) is 5.26 Å². The second-order valence-electron chi connectivity index (χ2n) is 15.3. The lowest BCUT2D eigenvalue weighted by atomic mass is 9.97. The number of nitriles is 1. The van der Waals surface area contributed by atoms with E-state index in [1.54, 1.807) is 24.3 Å². The molecule has 2 aliphatic heterocycles. The molecule has 11 heteroatoms. The normalized spacial score (nSPS) is 19.1. The number of piperidine rings is 2. The molecule has 58 heavy (non-hydrogen) atoms. The molecule has 2 atom stereocenters. The summed E-state index contributed by atoms with van der Waals surface area (Å²) in [6, 6.07) is 26.6. The van der Waals surface area contributed by atoms with Gasteiger partial charge in [0.15, 0.2) is 6.61 Å². The number of ether oxygens (including phenoxy) is 4. The minimum Gasteiger partial charge on any atom is -0.492 e. The minimum atomic E-state index is -0.282. The smallest absolute Gasteiger partial charge is 0.230 e. The van der Waals surface area contributed by atoms with Crippen LogP contribution in [0.4, 0.5) is 8.78 Å². The Hall–Kier alpha value is -5.18. The maximum Gasteiger partial charge on any atom is 0.230 e. The first kappa shape index (κ1) is 42.4. The van der Waals surface area contributed by atoms with Gasteiger partial charge >= 0.3 is 0 Å². The lowest BCUT2D eigenvalue weighted by molar-refractivity contribution is -0.134. The molecule has 0 aromatic heterocycles. The average molecular weight is 795 g/mol. The second kappa shape index (κ2) is 20.5. The van der Waals surface area contributed by atoms with Gasteiger partial charge in [-0.15, -0.1) is 0 Å². The third kappa shape index (κ3) is 11.1. The van der Waals surface area contributed by atoms with Gasteiger partial charge in [-0.05, 0) is 139 Å². The van der Waals surface area contributed by atoms with Crippen LogP contribution < -0.4 is 24.7 Å². The summed E-state index contributed by atoms with van der Waals surface area (Å²) >= 11 is 0. The summed E-state index contributed by atoms with van der Waals surface area (Å²) in [5, 5.41) is 8.70. The lowest BCUT2D eigenvalue weighted by Gasteiger charge is -2.34. The first-order valence-electron chi connectivity index (χ1n) is 20.3. The lowest BCUT2D eigenvalue weighted by Crippen LogP contribution is -2.43. The van der Waals surface area contributed by atoms with Crippen molar-refractivity contribution < 1.29 is 32.5 Å². The molecule has 2 heterocycles. The number of hydrogen-bond acceptors (Lipinski definition) is 8. The van der Waals surface area contributed by atoms with E-state index >= 15 is 0 Å². The fraction of sp³-hybridized carbons (Fsp3) is 0.447. The monoisotopic (exact) mass is 794 g/mol. The Bertz CT molecular complexity index is 1970. The number of fused-ring (bicyclic) bond motifs is 2. The van der Waals surface area contributed by atoms with Crippen molar-refractivity contribution in [1.82, 2.24) is 9.80 Å². The number of aryl methyl sites for hydroxylation is 2. The van der Waals surface area contributed by atoms with Crippen LogP contribution in [0.3, 0.4) is 0 Å². The maximum atomic E-state index is 13.1. The minimum absolute atomic E-state index is 0. The molecule has 2 saturated heterocycles. The number of halogens is 2. The highest BCUT2D eigenvalue weighted by Crippen LogP contribution is 2.38. The van der Waals surface area contributed by atoms with Gasteiger partial charge in [0.2, 0.25) is 5.91 Å². The van der Waals surface area contributed by atoms with Crippen molar-refractivity contribution in [3.8, 4) is 29.1 Å². The molecule has 9 nitrogen and oxygen atoms in total. The molecule has 4 aromatic carbocycles. The van der Waals surface area contributed by atoms with E-state index < -0.39 is 0 Å². The largest absolute Gasteiger partial charge is 0.492 e. The summed E-state index contributed by atoms with van der Waals surface area (Å²) in [5.74, 6) is 3.06. The quantitative estimate of drug-likeness (QED) is 0.153. The molecule has 4 aromatic rings. The van der Waals surface area contributed by atoms with E-state index in [2.05, 4.69) is 23.1 Å². The van der Waals surface area contributed by atoms with Crippen LogP contribution in [0.5, 0.6) is 23.0 Å². The van der Waals surface area contributed by atoms with E-state index in [4.69, 9.17) is 29.9 Å². The first-order chi connectivity index (χ1) is 27.8. The fourth-order valence-electron chi connectivity index (χ4n) is 8.51. The van der Waals surface area contributed by atoms with E-state index in [0.29, 0.717) is 43.7 Å². The molecule has 2 unspecified atom stereocenters. The molecular weight excluding hydrogens is 739 g/mol. The van der Waals surface area contributed by atoms with Gasteiger partial charge in [-0.3, -0.25) is 4.79 Å². The van der Waals surface area contributed by atoms with Gasteiger partial charge < -0.3 is 34.5 Å². The van der Waals surface area contributed by atoms with Crippen molar-refractivity contribution in [3.63, 3.8) is 0 Å². The van der Waals surface area contributed by atoms with Crippen LogP contribution in [-0.2, 0) is 17.6 Å². The summed E-state index contributed by atoms with van der Waals surface area (Å²) in [7, 11) is 0. The third-order valence-corrected chi connectivity index (χ3v) is 11.5. The predicted molar refractivity (Wildman–Crippen MR) is 221 cm³/mol. The van der Waals surface area contributed by atoms with Gasteiger partial charge in [-0.25, -0.2) is 8.78 Å². The molecule has 0 spiro atoms. The Kier molecular flexibility index (Phi) is 15.0. The van der Waals surface area contributed by atoms with E-state index in [1.807, 2.05) is 29.2 Å². The van der Waals surface area contributed by atoms with Crippen LogP contribution in [0.25, 0.3) is 0 Å². The highest BCUT2D eigenvalue weighted by atomic mass is 19.1. The predicted octanol–water partition coefficient (Wildman–Crippen LogP) is 8.20. The van der Waals surface area contributed by atoms with Crippen LogP contribution in [0.1, 0.15) is 80.0 Å². The number of likely N-dealkylation sites (tertiary alicyclic amines) is 2. The second-order valence-corrected chi connectivity index (χ2v) is 15.3. The number of benzene rings is 4. The Morgan fingerprint density at radius 3 is 1.79 bits per heavy atom. The molecule has 2 N–H and O–H groups in total. The summed E-state index contributed by atoms with van der Waals surface area (Å²) < 4.78 is 49.1. The molecule has 0 radical (unpaired) electrons. The molecular formula is C47H56F2N4O5. The van der Waals surface area contributed by atoms with Crippen LogP contribution in [0.15, 0.2) is 84.9 Å². The summed E-state index contributed by atoms with van der Waals surface area (Å²) in [4.78, 5) is 17.6. The molecule has 0 saturated carbocycles. The van der Waals surface area contributed by atoms with E-state index in [9.17, 15) is 13.6 Å². The van der Waals surface area contributed by atoms with Gasteiger partial charge in [0.25, 0.3) is 0 Å². The number of amides is 1. The Labute approximate surface area is 341 Å². The van der Waals surface area contributed by atoms with Crippen LogP contribution in [-0.4, -0.2) is 80.4 Å². The molecule has 4 aliphatic rings. The van der Waals surface area contributed by atoms with Crippen molar-refractivity contribution in [2.24, 2.45) is 5.73 Å². The highest BCUT2D eigenvalue weighted by molar-refractivity contribution is 5.85. The molecule has 2 aliphatic carbocycles. The fourth-order valence-corrected chi connectivity index (χ4v) is 8.51. The van der Waals surface area contributed by atoms with Gasteiger partial charge in [0, 0.05) is 52.1 Å². The number of carbonyl (C=O) groups excluding carboxylic acids is 1. The third-order valence-electron chi connectivity index (χ3n) is 11.5. The molecule has 2 fully saturated rings. The Balaban J connectivity index is 0.000000192. The number of rotatable bonds is 12. The SMILES string of the molecule is C.N#CCOc1ccc2c(c1)C(C(=O)N1CCC(Oc3ccc(F)cc3)CC1)CC2.NCCOc1ccc2c(c1)C(CN1CCC(Oc3ccc(F)cc3)CC1)CC2. The Morgan fingerprint density at radius 2 is 1.21 bits per heavy atom. The van der Waals surface area contributed by atoms with Crippen molar-refractivity contribution in [2.75, 3.05) is 52.5 Å². The number of nitrogens with two attached hydrogens (primary N) is 1. The van der Waals surface area contributed by atoms with Crippen molar-refractivity contribution in [1.29, 1.82) is 5.26 Å². The molecule has 8 rings (SSSR count). The van der Waals surface area contributed by atoms with E-state index in [1.165, 1.54) is 47.4 Å². The number of hydrogen-bond donors (Lipinski definition) is 1. The molecule has 0 bridgehead atoms. The topological polar surface area (TPSA) is 110 Å². The summed E-state index contributed by atoms with van der Waals surface area (Å²) in [6.07, 6.45) is 7.84. The van der Waals surface area contributed by atoms with E-state index in [0.717, 1.165) is 81.6 Å². The van der Waals surface area contributed by atoms with Crippen molar-refractivity contribution in [3.05, 3.63) is 119 Å². The average Bonchev–Trinajstić information content (AvgIpc) is 3.85. The Morgan fingerprint density at radius 1 is 0.690 bits per heavy atom.